The van der Waals surface area contributed by atoms with Crippen LogP contribution < -0.4 is 10.1 Å². The number of carbonyl (C=O) groups excluding carboxylic acids is 1. The molecule has 0 aliphatic carbocycles. The second-order valence-corrected chi connectivity index (χ2v) is 6.79. The maximum Gasteiger partial charge on any atom is 0.260 e. The molecule has 1 N–H and O–H groups in total. The number of hydrogen-bond donors (Lipinski definition) is 1. The fourth-order valence-corrected chi connectivity index (χ4v) is 2.71. The topological polar surface area (TPSA) is 41.6 Å². The van der Waals surface area contributed by atoms with Gasteiger partial charge in [0.25, 0.3) is 5.91 Å². The molecule has 134 valence electrons. The number of ether oxygens (including phenoxy) is 1. The first-order valence-corrected chi connectivity index (χ1v) is 8.75. The molecule has 2 aromatic rings. The van der Waals surface area contributed by atoms with E-state index in [-0.39, 0.29) is 11.9 Å². The van der Waals surface area contributed by atoms with Crippen LogP contribution in [0.5, 0.6) is 5.75 Å². The molecule has 2 rings (SSSR count). The van der Waals surface area contributed by atoms with Crippen LogP contribution in [0.1, 0.15) is 18.5 Å². The highest BCUT2D eigenvalue weighted by Crippen LogP contribution is 2.26. The zero-order valence-corrected chi connectivity index (χ0v) is 16.0. The number of hydrogen-bond acceptors (Lipinski definition) is 3. The van der Waals surface area contributed by atoms with Crippen molar-refractivity contribution >= 4 is 29.1 Å². The van der Waals surface area contributed by atoms with E-state index in [0.29, 0.717) is 22.3 Å². The van der Waals surface area contributed by atoms with Crippen molar-refractivity contribution in [3.63, 3.8) is 0 Å². The number of benzene rings is 2. The highest BCUT2D eigenvalue weighted by Gasteiger charge is 2.19. The number of carbonyl (C=O) groups is 1. The lowest BCUT2D eigenvalue weighted by Crippen LogP contribution is -2.41. The number of nitrogens with zero attached hydrogens (tertiary/aromatic N) is 1. The summed E-state index contributed by atoms with van der Waals surface area (Å²) >= 11 is 11.8. The molecular weight excluding hydrogens is 359 g/mol. The van der Waals surface area contributed by atoms with Gasteiger partial charge in [-0.15, -0.1) is 0 Å². The average Bonchev–Trinajstić information content (AvgIpc) is 2.58. The summed E-state index contributed by atoms with van der Waals surface area (Å²) < 4.78 is 5.64. The molecular formula is C19H22Cl2N2O2. The molecule has 0 aliphatic rings. The fraction of sp³-hybridized carbons (Fsp3) is 0.316. The van der Waals surface area contributed by atoms with E-state index in [9.17, 15) is 4.79 Å². The maximum atomic E-state index is 12.3. The lowest BCUT2D eigenvalue weighted by atomic mass is 10.1. The fourth-order valence-electron chi connectivity index (χ4n) is 2.42. The van der Waals surface area contributed by atoms with Gasteiger partial charge in [-0.25, -0.2) is 0 Å². The van der Waals surface area contributed by atoms with Gasteiger partial charge in [-0.3, -0.25) is 4.79 Å². The van der Waals surface area contributed by atoms with Crippen LogP contribution in [0.25, 0.3) is 0 Å². The monoisotopic (exact) mass is 380 g/mol. The summed E-state index contributed by atoms with van der Waals surface area (Å²) in [7, 11) is 3.97. The van der Waals surface area contributed by atoms with E-state index in [1.165, 1.54) is 0 Å². The zero-order valence-electron chi connectivity index (χ0n) is 14.5. The van der Waals surface area contributed by atoms with Gasteiger partial charge in [0, 0.05) is 12.6 Å². The molecule has 2 atom stereocenters. The third-order valence-electron chi connectivity index (χ3n) is 3.85. The Labute approximate surface area is 158 Å². The number of amides is 1. The Morgan fingerprint density at radius 2 is 1.80 bits per heavy atom. The summed E-state index contributed by atoms with van der Waals surface area (Å²) in [5.41, 5.74) is 1.14. The predicted molar refractivity (Wildman–Crippen MR) is 102 cm³/mol. The zero-order chi connectivity index (χ0) is 18.4. The van der Waals surface area contributed by atoms with E-state index >= 15 is 0 Å². The predicted octanol–water partition coefficient (Wildman–Crippen LogP) is 4.18. The van der Waals surface area contributed by atoms with Crippen molar-refractivity contribution in [2.75, 3.05) is 20.6 Å². The molecule has 0 heterocycles. The number of nitrogens with one attached hydrogen (secondary N) is 1. The van der Waals surface area contributed by atoms with E-state index < -0.39 is 6.10 Å². The summed E-state index contributed by atoms with van der Waals surface area (Å²) in [5, 5.41) is 3.78. The smallest absolute Gasteiger partial charge is 0.260 e. The molecule has 1 amide bonds. The number of halogens is 2. The van der Waals surface area contributed by atoms with Gasteiger partial charge in [-0.1, -0.05) is 53.5 Å². The Hall–Kier alpha value is -1.75. The number of rotatable bonds is 7. The molecule has 0 spiro atoms. The van der Waals surface area contributed by atoms with Crippen LogP contribution in [0.2, 0.25) is 10.0 Å². The van der Waals surface area contributed by atoms with Crippen molar-refractivity contribution in [2.24, 2.45) is 0 Å². The van der Waals surface area contributed by atoms with Crippen molar-refractivity contribution in [3.8, 4) is 5.75 Å². The highest BCUT2D eigenvalue weighted by molar-refractivity contribution is 6.42. The minimum Gasteiger partial charge on any atom is -0.481 e. The van der Waals surface area contributed by atoms with Gasteiger partial charge in [0.05, 0.1) is 16.1 Å². The van der Waals surface area contributed by atoms with Crippen molar-refractivity contribution in [3.05, 3.63) is 64.1 Å². The van der Waals surface area contributed by atoms with E-state index in [2.05, 4.69) is 10.2 Å². The van der Waals surface area contributed by atoms with Crippen molar-refractivity contribution in [1.29, 1.82) is 0 Å². The second-order valence-electron chi connectivity index (χ2n) is 5.97. The van der Waals surface area contributed by atoms with Crippen LogP contribution in [0, 0.1) is 0 Å². The molecule has 0 aromatic heterocycles. The Morgan fingerprint density at radius 3 is 2.40 bits per heavy atom. The van der Waals surface area contributed by atoms with Gasteiger partial charge in [-0.05, 0) is 38.7 Å². The third-order valence-corrected chi connectivity index (χ3v) is 4.59. The van der Waals surface area contributed by atoms with Gasteiger partial charge >= 0.3 is 0 Å². The van der Waals surface area contributed by atoms with Gasteiger partial charge in [0.15, 0.2) is 6.10 Å². The molecule has 0 aliphatic heterocycles. The van der Waals surface area contributed by atoms with E-state index in [0.717, 1.165) is 5.56 Å². The molecule has 0 saturated carbocycles. The summed E-state index contributed by atoms with van der Waals surface area (Å²) in [6.07, 6.45) is -0.643. The summed E-state index contributed by atoms with van der Waals surface area (Å²) in [5.74, 6) is 0.318. The largest absolute Gasteiger partial charge is 0.481 e. The van der Waals surface area contributed by atoms with Crippen molar-refractivity contribution in [2.45, 2.75) is 19.1 Å². The molecule has 6 heteroatoms. The van der Waals surface area contributed by atoms with Crippen LogP contribution in [-0.4, -0.2) is 37.6 Å². The normalized spacial score (nSPS) is 13.4. The molecule has 4 nitrogen and oxygen atoms in total. The minimum atomic E-state index is -0.643. The van der Waals surface area contributed by atoms with Crippen LogP contribution in [-0.2, 0) is 4.79 Å². The third kappa shape index (κ3) is 5.63. The minimum absolute atomic E-state index is 0.0855. The Balaban J connectivity index is 1.94. The second kappa shape index (κ2) is 9.09. The molecule has 2 aromatic carbocycles. The van der Waals surface area contributed by atoms with Crippen molar-refractivity contribution < 1.29 is 9.53 Å². The summed E-state index contributed by atoms with van der Waals surface area (Å²) in [6.45, 7) is 2.19. The first kappa shape index (κ1) is 19.6. The molecule has 0 bridgehead atoms. The molecule has 0 fully saturated rings. The maximum absolute atomic E-state index is 12.3. The SMILES string of the molecule is CC(Oc1ccc(Cl)c(Cl)c1)C(=O)NCC(c1ccccc1)N(C)C. The summed E-state index contributed by atoms with van der Waals surface area (Å²) in [6, 6.07) is 15.1. The average molecular weight is 381 g/mol. The van der Waals surface area contributed by atoms with Crippen LogP contribution in [0.3, 0.4) is 0 Å². The Kier molecular flexibility index (Phi) is 7.12. The van der Waals surface area contributed by atoms with E-state index in [1.807, 2.05) is 44.4 Å². The standard InChI is InChI=1S/C19H22Cl2N2O2/c1-13(25-15-9-10-16(20)17(21)11-15)19(24)22-12-18(23(2)3)14-7-5-4-6-8-14/h4-11,13,18H,12H2,1-3H3,(H,22,24). The van der Waals surface area contributed by atoms with Crippen molar-refractivity contribution in [1.82, 2.24) is 10.2 Å². The quantitative estimate of drug-likeness (QED) is 0.783. The van der Waals surface area contributed by atoms with E-state index in [4.69, 9.17) is 27.9 Å². The highest BCUT2D eigenvalue weighted by atomic mass is 35.5. The van der Waals surface area contributed by atoms with Crippen LogP contribution in [0.15, 0.2) is 48.5 Å². The van der Waals surface area contributed by atoms with Gasteiger partial charge in [0.1, 0.15) is 5.75 Å². The van der Waals surface area contributed by atoms with E-state index in [1.54, 1.807) is 25.1 Å². The lowest BCUT2D eigenvalue weighted by molar-refractivity contribution is -0.127. The Morgan fingerprint density at radius 1 is 1.12 bits per heavy atom. The summed E-state index contributed by atoms with van der Waals surface area (Å²) in [4.78, 5) is 14.4. The van der Waals surface area contributed by atoms with Gasteiger partial charge < -0.3 is 15.0 Å². The molecule has 25 heavy (non-hydrogen) atoms. The Bertz CT molecular complexity index is 708. The van der Waals surface area contributed by atoms with Crippen LogP contribution >= 0.6 is 23.2 Å². The lowest BCUT2D eigenvalue weighted by Gasteiger charge is -2.26. The van der Waals surface area contributed by atoms with Crippen LogP contribution in [0.4, 0.5) is 0 Å². The number of likely N-dealkylation sites (N-methyl/N-ethyl adjacent to an activating group) is 1. The van der Waals surface area contributed by atoms with Gasteiger partial charge in [-0.2, -0.15) is 0 Å². The van der Waals surface area contributed by atoms with Gasteiger partial charge in [0.2, 0.25) is 0 Å². The first-order chi connectivity index (χ1) is 11.9. The molecule has 0 radical (unpaired) electrons. The molecule has 0 saturated heterocycles. The first-order valence-electron chi connectivity index (χ1n) is 7.99. The molecule has 2 unspecified atom stereocenters.